The van der Waals surface area contributed by atoms with E-state index in [2.05, 4.69) is 72.6 Å². The molecule has 0 aliphatic carbocycles. The van der Waals surface area contributed by atoms with Crippen molar-refractivity contribution in [1.82, 2.24) is 15.2 Å². The number of pyridine rings is 1. The second-order valence-corrected chi connectivity index (χ2v) is 12.7. The van der Waals surface area contributed by atoms with E-state index in [1.165, 1.54) is 106 Å². The molecule has 198 valence electrons. The number of H-pyrrole nitrogens is 1. The summed E-state index contributed by atoms with van der Waals surface area (Å²) in [6, 6.07) is 18.3. The van der Waals surface area contributed by atoms with Gasteiger partial charge in [0.05, 0.1) is 5.69 Å². The first-order chi connectivity index (χ1) is 18.7. The third kappa shape index (κ3) is 6.27. The Bertz CT molecular complexity index is 1470. The third-order valence-corrected chi connectivity index (χ3v) is 9.63. The molecule has 5 aromatic rings. The Morgan fingerprint density at radius 3 is 2.05 bits per heavy atom. The molecule has 0 aliphatic heterocycles. The van der Waals surface area contributed by atoms with Gasteiger partial charge in [-0.25, -0.2) is 0 Å². The molecular formula is C33H39N3S2. The first-order valence-electron chi connectivity index (χ1n) is 14.3. The van der Waals surface area contributed by atoms with Crippen molar-refractivity contribution < 1.29 is 0 Å². The summed E-state index contributed by atoms with van der Waals surface area (Å²) in [5, 5.41) is 10.1. The van der Waals surface area contributed by atoms with Crippen molar-refractivity contribution >= 4 is 33.4 Å². The van der Waals surface area contributed by atoms with Gasteiger partial charge in [-0.2, -0.15) is 5.10 Å². The maximum atomic E-state index is 4.81. The normalized spacial score (nSPS) is 11.6. The largest absolute Gasteiger partial charge is 0.282 e. The fourth-order valence-corrected chi connectivity index (χ4v) is 7.27. The zero-order valence-corrected chi connectivity index (χ0v) is 24.6. The molecule has 5 rings (SSSR count). The number of fused-ring (bicyclic) bond motifs is 1. The predicted molar refractivity (Wildman–Crippen MR) is 166 cm³/mol. The zero-order chi connectivity index (χ0) is 26.3. The van der Waals surface area contributed by atoms with Gasteiger partial charge in [0.25, 0.3) is 0 Å². The van der Waals surface area contributed by atoms with Crippen LogP contribution in [0, 0.1) is 6.92 Å². The second kappa shape index (κ2) is 12.9. The van der Waals surface area contributed by atoms with Crippen LogP contribution >= 0.6 is 22.7 Å². The molecule has 0 aliphatic rings. The number of rotatable bonds is 13. The average Bonchev–Trinajstić information content (AvgIpc) is 3.70. The van der Waals surface area contributed by atoms with Crippen molar-refractivity contribution in [2.45, 2.75) is 85.0 Å². The Morgan fingerprint density at radius 2 is 1.39 bits per heavy atom. The van der Waals surface area contributed by atoms with E-state index >= 15 is 0 Å². The second-order valence-electron chi connectivity index (χ2n) is 10.4. The minimum absolute atomic E-state index is 0.904. The Morgan fingerprint density at radius 1 is 0.711 bits per heavy atom. The molecule has 0 fully saturated rings. The van der Waals surface area contributed by atoms with Crippen LogP contribution in [0.15, 0.2) is 54.7 Å². The van der Waals surface area contributed by atoms with Gasteiger partial charge in [-0.3, -0.25) is 10.1 Å². The number of unbranched alkanes of at least 4 members (excludes halogenated alkanes) is 6. The van der Waals surface area contributed by atoms with Crippen LogP contribution < -0.4 is 0 Å². The minimum Gasteiger partial charge on any atom is -0.282 e. The topological polar surface area (TPSA) is 41.6 Å². The summed E-state index contributed by atoms with van der Waals surface area (Å²) in [6.45, 7) is 6.59. The van der Waals surface area contributed by atoms with Crippen molar-refractivity contribution in [3.8, 4) is 32.3 Å². The van der Waals surface area contributed by atoms with Gasteiger partial charge in [0, 0.05) is 42.3 Å². The zero-order valence-electron chi connectivity index (χ0n) is 23.0. The average molecular weight is 542 g/mol. The predicted octanol–water partition coefficient (Wildman–Crippen LogP) is 10.6. The summed E-state index contributed by atoms with van der Waals surface area (Å²) >= 11 is 3.89. The molecule has 4 aromatic heterocycles. The number of nitrogens with zero attached hydrogens (tertiary/aromatic N) is 2. The van der Waals surface area contributed by atoms with E-state index in [0.717, 1.165) is 17.1 Å². The number of thiophene rings is 2. The number of hydrogen-bond acceptors (Lipinski definition) is 4. The molecule has 3 nitrogen and oxygen atoms in total. The summed E-state index contributed by atoms with van der Waals surface area (Å²) in [5.74, 6) is 0. The number of benzene rings is 1. The lowest BCUT2D eigenvalue weighted by molar-refractivity contribution is 0.670. The highest BCUT2D eigenvalue weighted by molar-refractivity contribution is 7.16. The fourth-order valence-electron chi connectivity index (χ4n) is 5.15. The number of aromatic amines is 1. The molecular weight excluding hydrogens is 503 g/mol. The summed E-state index contributed by atoms with van der Waals surface area (Å²) in [4.78, 5) is 10.5. The van der Waals surface area contributed by atoms with Gasteiger partial charge >= 0.3 is 0 Å². The highest BCUT2D eigenvalue weighted by Crippen LogP contribution is 2.41. The van der Waals surface area contributed by atoms with Gasteiger partial charge < -0.3 is 0 Å². The van der Waals surface area contributed by atoms with Crippen LogP contribution in [-0.4, -0.2) is 15.2 Å². The van der Waals surface area contributed by atoms with Gasteiger partial charge in [0.15, 0.2) is 0 Å². The third-order valence-electron chi connectivity index (χ3n) is 7.26. The van der Waals surface area contributed by atoms with Crippen molar-refractivity contribution in [3.05, 3.63) is 70.2 Å². The molecule has 1 aromatic carbocycles. The molecule has 5 heteroatoms. The Hall–Kier alpha value is -2.76. The van der Waals surface area contributed by atoms with E-state index in [4.69, 9.17) is 4.98 Å². The van der Waals surface area contributed by atoms with Gasteiger partial charge in [0.2, 0.25) is 0 Å². The van der Waals surface area contributed by atoms with Gasteiger partial charge in [-0.15, -0.1) is 22.7 Å². The van der Waals surface area contributed by atoms with Crippen molar-refractivity contribution in [2.75, 3.05) is 0 Å². The van der Waals surface area contributed by atoms with Gasteiger partial charge in [-0.1, -0.05) is 52.4 Å². The number of aromatic nitrogens is 3. The highest BCUT2D eigenvalue weighted by atomic mass is 32.1. The quantitative estimate of drug-likeness (QED) is 0.151. The standard InChI is InChI=1S/C33H39N3S2/c1-4-6-8-10-12-25-14-16-31(37-25)24-21-28(32-17-15-26(38-32)13-11-9-7-5-2)27-18-19-34-33(29(27)22-24)30-20-23(3)35-36-30/h14-22H,4-13H2,1-3H3,(H,35,36). The van der Waals surface area contributed by atoms with Crippen LogP contribution in [0.4, 0.5) is 0 Å². The van der Waals surface area contributed by atoms with E-state index in [0.29, 0.717) is 0 Å². The Kier molecular flexibility index (Phi) is 9.08. The molecule has 0 amide bonds. The summed E-state index contributed by atoms with van der Waals surface area (Å²) in [5.41, 5.74) is 5.48. The molecule has 38 heavy (non-hydrogen) atoms. The van der Waals surface area contributed by atoms with Gasteiger partial charge in [-0.05, 0) is 92.1 Å². The van der Waals surface area contributed by atoms with Crippen molar-refractivity contribution in [3.63, 3.8) is 0 Å². The van der Waals surface area contributed by atoms with Crippen LogP contribution in [0.3, 0.4) is 0 Å². The molecule has 1 N–H and O–H groups in total. The lowest BCUT2D eigenvalue weighted by Gasteiger charge is -2.11. The summed E-state index contributed by atoms with van der Waals surface area (Å²) < 4.78 is 0. The SMILES string of the molecule is CCCCCCc1ccc(-c2cc(-c3ccc(CCCCCC)s3)c3ccnc(-c4cc(C)[nH]n4)c3c2)s1. The highest BCUT2D eigenvalue weighted by Gasteiger charge is 2.16. The lowest BCUT2D eigenvalue weighted by Crippen LogP contribution is -1.90. The number of nitrogens with one attached hydrogen (secondary N) is 1. The molecule has 0 saturated carbocycles. The molecule has 0 bridgehead atoms. The van der Waals surface area contributed by atoms with E-state index in [1.54, 1.807) is 0 Å². The van der Waals surface area contributed by atoms with Crippen LogP contribution in [0.25, 0.3) is 43.0 Å². The molecule has 0 saturated heterocycles. The maximum absolute atomic E-state index is 4.81. The lowest BCUT2D eigenvalue weighted by atomic mass is 9.97. The van der Waals surface area contributed by atoms with Crippen molar-refractivity contribution in [2.24, 2.45) is 0 Å². The van der Waals surface area contributed by atoms with Crippen LogP contribution in [0.2, 0.25) is 0 Å². The smallest absolute Gasteiger partial charge is 0.111 e. The molecule has 0 unspecified atom stereocenters. The van der Waals surface area contributed by atoms with E-state index in [1.807, 2.05) is 35.8 Å². The minimum atomic E-state index is 0.904. The fraction of sp³-hybridized carbons (Fsp3) is 0.394. The molecule has 0 spiro atoms. The first-order valence-corrected chi connectivity index (χ1v) is 15.9. The Labute approximate surface area is 235 Å². The summed E-state index contributed by atoms with van der Waals surface area (Å²) in [7, 11) is 0. The molecule has 0 atom stereocenters. The van der Waals surface area contributed by atoms with Crippen LogP contribution in [-0.2, 0) is 12.8 Å². The van der Waals surface area contributed by atoms with Crippen molar-refractivity contribution in [1.29, 1.82) is 0 Å². The Balaban J connectivity index is 1.55. The van der Waals surface area contributed by atoms with Crippen LogP contribution in [0.1, 0.15) is 80.7 Å². The monoisotopic (exact) mass is 541 g/mol. The van der Waals surface area contributed by atoms with Crippen LogP contribution in [0.5, 0.6) is 0 Å². The number of hydrogen-bond donors (Lipinski definition) is 1. The van der Waals surface area contributed by atoms with E-state index in [9.17, 15) is 0 Å². The molecule has 4 heterocycles. The maximum Gasteiger partial charge on any atom is 0.111 e. The van der Waals surface area contributed by atoms with Gasteiger partial charge in [0.1, 0.15) is 5.69 Å². The van der Waals surface area contributed by atoms with E-state index < -0.39 is 0 Å². The first kappa shape index (κ1) is 26.8. The van der Waals surface area contributed by atoms with E-state index in [-0.39, 0.29) is 0 Å². The summed E-state index contributed by atoms with van der Waals surface area (Å²) in [6.07, 6.45) is 14.7. The molecule has 0 radical (unpaired) electrons. The number of aryl methyl sites for hydroxylation is 3.